The molecule has 5 aromatic rings. The summed E-state index contributed by atoms with van der Waals surface area (Å²) in [5, 5.41) is 0. The van der Waals surface area contributed by atoms with Gasteiger partial charge in [-0.2, -0.15) is 26.3 Å². The van der Waals surface area contributed by atoms with E-state index in [1.165, 1.54) is 9.80 Å². The highest BCUT2D eigenvalue weighted by molar-refractivity contribution is 14.1. The van der Waals surface area contributed by atoms with Crippen LogP contribution in [0.4, 0.5) is 26.3 Å². The zero-order chi connectivity index (χ0) is 47.8. The van der Waals surface area contributed by atoms with Crippen LogP contribution in [-0.2, 0) is 45.9 Å². The molecule has 0 fully saturated rings. The number of carbonyl (C=O) groups excluding carboxylic acids is 2. The normalized spacial score (nSPS) is 14.7. The number of halogens is 7. The Balaban J connectivity index is 0.000000221. The van der Waals surface area contributed by atoms with E-state index in [1.807, 2.05) is 60.7 Å². The number of ether oxygens (including phenoxy) is 3. The summed E-state index contributed by atoms with van der Waals surface area (Å²) in [5.74, 6) is -1.16. The summed E-state index contributed by atoms with van der Waals surface area (Å²) in [6, 6.07) is 25.6. The number of hydrogen-bond donors (Lipinski definition) is 0. The molecule has 0 saturated heterocycles. The zero-order valence-electron chi connectivity index (χ0n) is 35.3. The van der Waals surface area contributed by atoms with Crippen LogP contribution in [0.15, 0.2) is 107 Å². The predicted octanol–water partition coefficient (Wildman–Crippen LogP) is 9.43. The van der Waals surface area contributed by atoms with E-state index in [2.05, 4.69) is 22.6 Å². The van der Waals surface area contributed by atoms with Gasteiger partial charge < -0.3 is 24.0 Å². The number of fused-ring (bicyclic) bond motifs is 2. The van der Waals surface area contributed by atoms with Gasteiger partial charge in [0.25, 0.3) is 11.8 Å². The third kappa shape index (κ3) is 11.6. The first kappa shape index (κ1) is 49.1. The van der Waals surface area contributed by atoms with Crippen LogP contribution >= 0.6 is 22.6 Å². The molecule has 11 nitrogen and oxygen atoms in total. The lowest BCUT2D eigenvalue weighted by Gasteiger charge is -2.22. The summed E-state index contributed by atoms with van der Waals surface area (Å²) in [5.41, 5.74) is 4.94. The van der Waals surface area contributed by atoms with Gasteiger partial charge in [-0.1, -0.05) is 36.4 Å². The number of carbonyl (C=O) groups is 2. The van der Waals surface area contributed by atoms with Crippen LogP contribution in [0.3, 0.4) is 0 Å². The second-order valence-corrected chi connectivity index (χ2v) is 20.7. The van der Waals surface area contributed by atoms with Crippen molar-refractivity contribution >= 4 is 54.1 Å². The number of sulfone groups is 2. The standard InChI is InChI=1S/C26H24F3NO5S.C19H17F3INO4S/c1-16(26(27,28)29)35-24-11-10-20(36(3,32)33)13-22(24)25(31)30-14-18-9-8-17(12-19(18)15-30)21-6-4-5-7-23(21)34-2;1-11(19(20,21)22)28-17-6-5-15(29(2,26)27)8-16(17)18(25)24-9-12-3-4-14(23)7-13(12)10-24/h4-13,16H,14-15H2,1-3H3;3-8,11H,9-10H2,1-2H3/t;11-/m.0/s1. The van der Waals surface area contributed by atoms with Crippen molar-refractivity contribution in [3.63, 3.8) is 0 Å². The maximum Gasteiger partial charge on any atom is 0.425 e. The zero-order valence-corrected chi connectivity index (χ0v) is 39.0. The summed E-state index contributed by atoms with van der Waals surface area (Å²) in [6.45, 7) is 2.63. The average molecular weight is 1060 g/mol. The summed E-state index contributed by atoms with van der Waals surface area (Å²) < 4.78 is 143. The van der Waals surface area contributed by atoms with Gasteiger partial charge in [0.05, 0.1) is 28.0 Å². The van der Waals surface area contributed by atoms with Gasteiger partial charge in [-0.15, -0.1) is 0 Å². The highest BCUT2D eigenvalue weighted by atomic mass is 127. The third-order valence-corrected chi connectivity index (χ3v) is 13.5. The summed E-state index contributed by atoms with van der Waals surface area (Å²) in [4.78, 5) is 29.1. The van der Waals surface area contributed by atoms with Gasteiger partial charge in [0.1, 0.15) is 17.2 Å². The van der Waals surface area contributed by atoms with Gasteiger partial charge in [0, 0.05) is 47.8 Å². The van der Waals surface area contributed by atoms with E-state index in [9.17, 15) is 52.8 Å². The van der Waals surface area contributed by atoms with Gasteiger partial charge in [-0.05, 0) is 125 Å². The molecule has 0 spiro atoms. The molecule has 1 unspecified atom stereocenters. The molecule has 2 aliphatic rings. The highest BCUT2D eigenvalue weighted by Crippen LogP contribution is 2.37. The fourth-order valence-electron chi connectivity index (χ4n) is 6.97. The largest absolute Gasteiger partial charge is 0.496 e. The fraction of sp³-hybridized carbons (Fsp3) is 0.289. The maximum atomic E-state index is 13.5. The average Bonchev–Trinajstić information content (AvgIpc) is 3.86. The Bertz CT molecular complexity index is 2870. The Kier molecular flexibility index (Phi) is 14.2. The van der Waals surface area contributed by atoms with Gasteiger partial charge in [-0.3, -0.25) is 9.59 Å². The van der Waals surface area contributed by atoms with Crippen molar-refractivity contribution in [3.8, 4) is 28.4 Å². The molecule has 5 aromatic carbocycles. The van der Waals surface area contributed by atoms with E-state index in [0.717, 1.165) is 99.7 Å². The highest BCUT2D eigenvalue weighted by Gasteiger charge is 2.40. The first-order valence-corrected chi connectivity index (χ1v) is 24.4. The van der Waals surface area contributed by atoms with E-state index < -0.39 is 56.0 Å². The molecular weight excluding hydrogens is 1020 g/mol. The van der Waals surface area contributed by atoms with Gasteiger partial charge in [-0.25, -0.2) is 16.8 Å². The first-order valence-electron chi connectivity index (χ1n) is 19.5. The first-order chi connectivity index (χ1) is 30.2. The molecular formula is C45H41F6IN2O9S2. The molecule has 2 atom stereocenters. The minimum absolute atomic E-state index is 0.167. The minimum atomic E-state index is -4.66. The molecule has 7 rings (SSSR count). The van der Waals surface area contributed by atoms with Crippen LogP contribution in [-0.4, -0.2) is 82.6 Å². The lowest BCUT2D eigenvalue weighted by molar-refractivity contribution is -0.189. The second-order valence-electron chi connectivity index (χ2n) is 15.4. The molecule has 2 heterocycles. The van der Waals surface area contributed by atoms with Crippen molar-refractivity contribution in [2.75, 3.05) is 19.6 Å². The fourth-order valence-corrected chi connectivity index (χ4v) is 8.82. The quantitative estimate of drug-likeness (QED) is 0.0990. The lowest BCUT2D eigenvalue weighted by atomic mass is 10.00. The molecule has 346 valence electrons. The van der Waals surface area contributed by atoms with Crippen LogP contribution in [0.2, 0.25) is 0 Å². The number of alkyl halides is 6. The summed E-state index contributed by atoms with van der Waals surface area (Å²) >= 11 is 2.15. The van der Waals surface area contributed by atoms with Gasteiger partial charge >= 0.3 is 12.4 Å². The Morgan fingerprint density at radius 3 is 1.46 bits per heavy atom. The summed E-state index contributed by atoms with van der Waals surface area (Å²) in [7, 11) is -5.80. The Labute approximate surface area is 385 Å². The van der Waals surface area contributed by atoms with Crippen LogP contribution in [0.25, 0.3) is 11.1 Å². The molecule has 0 radical (unpaired) electrons. The lowest BCUT2D eigenvalue weighted by Crippen LogP contribution is -2.32. The molecule has 0 bridgehead atoms. The number of nitrogens with zero attached hydrogens (tertiary/aromatic N) is 2. The van der Waals surface area contributed by atoms with Crippen molar-refractivity contribution in [2.45, 2.75) is 74.4 Å². The van der Waals surface area contributed by atoms with Crippen LogP contribution in [0.5, 0.6) is 17.2 Å². The number of para-hydroxylation sites is 1. The molecule has 2 amide bonds. The Morgan fingerprint density at radius 1 is 0.585 bits per heavy atom. The number of rotatable bonds is 10. The van der Waals surface area contributed by atoms with E-state index in [0.29, 0.717) is 5.75 Å². The maximum absolute atomic E-state index is 13.5. The van der Waals surface area contributed by atoms with Gasteiger partial charge in [0.2, 0.25) is 0 Å². The smallest absolute Gasteiger partial charge is 0.425 e. The molecule has 0 aromatic heterocycles. The second kappa shape index (κ2) is 18.9. The molecule has 65 heavy (non-hydrogen) atoms. The third-order valence-electron chi connectivity index (χ3n) is 10.6. The Hall–Kier alpha value is -5.35. The monoisotopic (exact) mass is 1060 g/mol. The van der Waals surface area contributed by atoms with Crippen molar-refractivity contribution in [3.05, 3.63) is 134 Å². The van der Waals surface area contributed by atoms with E-state index in [4.69, 9.17) is 14.2 Å². The van der Waals surface area contributed by atoms with Gasteiger partial charge in [0.15, 0.2) is 31.9 Å². The van der Waals surface area contributed by atoms with Crippen LogP contribution in [0, 0.1) is 3.57 Å². The predicted molar refractivity (Wildman–Crippen MR) is 236 cm³/mol. The molecule has 2 aliphatic heterocycles. The van der Waals surface area contributed by atoms with Crippen LogP contribution in [0.1, 0.15) is 56.8 Å². The molecule has 0 aliphatic carbocycles. The van der Waals surface area contributed by atoms with Crippen LogP contribution < -0.4 is 14.2 Å². The number of amides is 2. The molecule has 0 N–H and O–H groups in total. The van der Waals surface area contributed by atoms with Crippen molar-refractivity contribution in [2.24, 2.45) is 0 Å². The molecule has 20 heteroatoms. The molecule has 0 saturated carbocycles. The van der Waals surface area contributed by atoms with Crippen molar-refractivity contribution in [1.82, 2.24) is 9.80 Å². The minimum Gasteiger partial charge on any atom is -0.496 e. The van der Waals surface area contributed by atoms with E-state index in [-0.39, 0.29) is 58.6 Å². The number of benzene rings is 5. The SMILES string of the molecule is COc1ccccc1-c1ccc2c(c1)CN(C(=O)c1cc(S(C)(=O)=O)ccc1OC(C)C(F)(F)F)C2.C[C@H](Oc1ccc(S(C)(=O)=O)cc1C(=O)N1Cc2ccc(I)cc2C1)C(F)(F)F. The summed E-state index contributed by atoms with van der Waals surface area (Å²) in [6.07, 6.45) is -11.7. The van der Waals surface area contributed by atoms with Crippen molar-refractivity contribution in [1.29, 1.82) is 0 Å². The topological polar surface area (TPSA) is 137 Å². The Morgan fingerprint density at radius 2 is 1.02 bits per heavy atom. The number of methoxy groups -OCH3 is 1. The van der Waals surface area contributed by atoms with Crippen molar-refractivity contribution < 1.29 is 67.0 Å². The van der Waals surface area contributed by atoms with E-state index in [1.54, 1.807) is 7.11 Å². The number of hydrogen-bond acceptors (Lipinski definition) is 9. The van der Waals surface area contributed by atoms with E-state index >= 15 is 0 Å².